The van der Waals surface area contributed by atoms with Crippen molar-refractivity contribution in [2.24, 2.45) is 0 Å². The minimum atomic E-state index is 0.494. The topological polar surface area (TPSA) is 77.5 Å². The maximum Gasteiger partial charge on any atom is 0.229 e. The third-order valence-corrected chi connectivity index (χ3v) is 3.44. The highest BCUT2D eigenvalue weighted by atomic mass is 16.5. The molecule has 0 radical (unpaired) electrons. The van der Waals surface area contributed by atoms with Gasteiger partial charge in [0.05, 0.1) is 21.3 Å². The zero-order valence-electron chi connectivity index (χ0n) is 14.8. The number of hydrogen-bond acceptors (Lipinski definition) is 7. The summed E-state index contributed by atoms with van der Waals surface area (Å²) in [6, 6.07) is 3.62. The molecule has 7 heteroatoms. The molecule has 0 amide bonds. The number of anilines is 3. The van der Waals surface area contributed by atoms with Crippen LogP contribution in [0.1, 0.15) is 18.9 Å². The summed E-state index contributed by atoms with van der Waals surface area (Å²) in [5.41, 5.74) is 1.74. The van der Waals surface area contributed by atoms with E-state index in [1.54, 1.807) is 27.5 Å². The Morgan fingerprint density at radius 1 is 1.04 bits per heavy atom. The Balaban J connectivity index is 2.30. The van der Waals surface area contributed by atoms with Crippen LogP contribution in [0.15, 0.2) is 18.3 Å². The van der Waals surface area contributed by atoms with Gasteiger partial charge in [0.2, 0.25) is 11.7 Å². The maximum atomic E-state index is 5.35. The molecule has 130 valence electrons. The molecular weight excluding hydrogens is 308 g/mol. The zero-order chi connectivity index (χ0) is 17.5. The second-order valence-electron chi connectivity index (χ2n) is 5.19. The van der Waals surface area contributed by atoms with Gasteiger partial charge < -0.3 is 24.8 Å². The van der Waals surface area contributed by atoms with Crippen LogP contribution in [-0.4, -0.2) is 37.8 Å². The molecule has 2 aromatic rings. The third-order valence-electron chi connectivity index (χ3n) is 3.44. The van der Waals surface area contributed by atoms with Crippen LogP contribution in [0.5, 0.6) is 17.2 Å². The van der Waals surface area contributed by atoms with Crippen LogP contribution in [0.25, 0.3) is 0 Å². The highest BCUT2D eigenvalue weighted by molar-refractivity contribution is 5.66. The number of aryl methyl sites for hydroxylation is 1. The van der Waals surface area contributed by atoms with Crippen molar-refractivity contribution in [1.82, 2.24) is 9.97 Å². The van der Waals surface area contributed by atoms with E-state index in [0.717, 1.165) is 30.0 Å². The molecule has 0 aliphatic carbocycles. The molecule has 0 atom stereocenters. The van der Waals surface area contributed by atoms with Crippen molar-refractivity contribution >= 4 is 17.5 Å². The summed E-state index contributed by atoms with van der Waals surface area (Å²) in [6.07, 6.45) is 2.81. The van der Waals surface area contributed by atoms with Gasteiger partial charge in [-0.05, 0) is 13.3 Å². The molecule has 0 bridgehead atoms. The van der Waals surface area contributed by atoms with Gasteiger partial charge in [-0.3, -0.25) is 0 Å². The van der Waals surface area contributed by atoms with E-state index in [1.165, 1.54) is 0 Å². The van der Waals surface area contributed by atoms with Crippen LogP contribution in [0.2, 0.25) is 0 Å². The van der Waals surface area contributed by atoms with Gasteiger partial charge in [0.1, 0.15) is 5.82 Å². The highest BCUT2D eigenvalue weighted by Crippen LogP contribution is 2.40. The first-order valence-corrected chi connectivity index (χ1v) is 7.77. The average molecular weight is 332 g/mol. The van der Waals surface area contributed by atoms with Crippen LogP contribution in [-0.2, 0) is 0 Å². The van der Waals surface area contributed by atoms with Crippen molar-refractivity contribution in [3.63, 3.8) is 0 Å². The first-order chi connectivity index (χ1) is 11.6. The number of ether oxygens (including phenoxy) is 3. The van der Waals surface area contributed by atoms with Gasteiger partial charge in [-0.15, -0.1) is 0 Å². The third kappa shape index (κ3) is 3.98. The molecule has 0 unspecified atom stereocenters. The number of methoxy groups -OCH3 is 3. The van der Waals surface area contributed by atoms with E-state index in [1.807, 2.05) is 19.1 Å². The number of aromatic nitrogens is 2. The molecule has 24 heavy (non-hydrogen) atoms. The van der Waals surface area contributed by atoms with Crippen LogP contribution in [0.4, 0.5) is 17.5 Å². The molecule has 7 nitrogen and oxygen atoms in total. The second kappa shape index (κ2) is 8.24. The fourth-order valence-corrected chi connectivity index (χ4v) is 2.21. The van der Waals surface area contributed by atoms with Crippen LogP contribution < -0.4 is 24.8 Å². The van der Waals surface area contributed by atoms with Crippen molar-refractivity contribution in [3.05, 3.63) is 23.9 Å². The van der Waals surface area contributed by atoms with Crippen LogP contribution in [0.3, 0.4) is 0 Å². The first-order valence-electron chi connectivity index (χ1n) is 7.77. The predicted octanol–water partition coefficient (Wildman–Crippen LogP) is 3.38. The van der Waals surface area contributed by atoms with Crippen molar-refractivity contribution in [2.75, 3.05) is 38.5 Å². The Morgan fingerprint density at radius 2 is 1.71 bits per heavy atom. The van der Waals surface area contributed by atoms with Crippen molar-refractivity contribution in [2.45, 2.75) is 20.3 Å². The average Bonchev–Trinajstić information content (AvgIpc) is 2.61. The van der Waals surface area contributed by atoms with Gasteiger partial charge in [-0.25, -0.2) is 4.98 Å². The van der Waals surface area contributed by atoms with Gasteiger partial charge in [-0.1, -0.05) is 6.92 Å². The molecule has 0 aliphatic heterocycles. The van der Waals surface area contributed by atoms with E-state index >= 15 is 0 Å². The smallest absolute Gasteiger partial charge is 0.229 e. The Kier molecular flexibility index (Phi) is 6.06. The number of nitrogens with zero attached hydrogens (tertiary/aromatic N) is 2. The lowest BCUT2D eigenvalue weighted by Gasteiger charge is -2.15. The SMILES string of the molecule is CCCNc1nc(Nc2cc(OC)c(OC)c(OC)c2)ncc1C. The van der Waals surface area contributed by atoms with E-state index in [2.05, 4.69) is 27.5 Å². The van der Waals surface area contributed by atoms with Gasteiger partial charge in [0.25, 0.3) is 0 Å². The lowest BCUT2D eigenvalue weighted by atomic mass is 10.2. The fraction of sp³-hybridized carbons (Fsp3) is 0.412. The molecule has 1 aromatic heterocycles. The summed E-state index contributed by atoms with van der Waals surface area (Å²) in [7, 11) is 4.73. The lowest BCUT2D eigenvalue weighted by molar-refractivity contribution is 0.324. The molecule has 2 rings (SSSR count). The predicted molar refractivity (Wildman–Crippen MR) is 94.9 cm³/mol. The highest BCUT2D eigenvalue weighted by Gasteiger charge is 2.14. The minimum Gasteiger partial charge on any atom is -0.493 e. The van der Waals surface area contributed by atoms with Gasteiger partial charge in [0.15, 0.2) is 11.5 Å². The minimum absolute atomic E-state index is 0.494. The van der Waals surface area contributed by atoms with Crippen molar-refractivity contribution < 1.29 is 14.2 Å². The fourth-order valence-electron chi connectivity index (χ4n) is 2.21. The summed E-state index contributed by atoms with van der Waals surface area (Å²) in [5, 5.41) is 6.46. The Labute approximate surface area is 142 Å². The van der Waals surface area contributed by atoms with Crippen LogP contribution in [0, 0.1) is 6.92 Å². The molecule has 0 saturated heterocycles. The van der Waals surface area contributed by atoms with Crippen molar-refractivity contribution in [3.8, 4) is 17.2 Å². The molecule has 0 aliphatic rings. The number of benzene rings is 1. The largest absolute Gasteiger partial charge is 0.493 e. The molecule has 0 saturated carbocycles. The Bertz CT molecular complexity index is 667. The second-order valence-corrected chi connectivity index (χ2v) is 5.19. The van der Waals surface area contributed by atoms with E-state index in [-0.39, 0.29) is 0 Å². The molecular formula is C17H24N4O3. The van der Waals surface area contributed by atoms with Crippen LogP contribution >= 0.6 is 0 Å². The Morgan fingerprint density at radius 3 is 2.25 bits per heavy atom. The summed E-state index contributed by atoms with van der Waals surface area (Å²) in [6.45, 7) is 4.95. The quantitative estimate of drug-likeness (QED) is 0.767. The summed E-state index contributed by atoms with van der Waals surface area (Å²) >= 11 is 0. The van der Waals surface area contributed by atoms with E-state index in [9.17, 15) is 0 Å². The standard InChI is InChI=1S/C17H24N4O3/c1-6-7-18-16-11(2)10-19-17(21-16)20-12-8-13(22-3)15(24-5)14(9-12)23-4/h8-10H,6-7H2,1-5H3,(H2,18,19,20,21). The summed E-state index contributed by atoms with van der Waals surface area (Å²) in [5.74, 6) is 2.99. The monoisotopic (exact) mass is 332 g/mol. The summed E-state index contributed by atoms with van der Waals surface area (Å²) in [4.78, 5) is 8.83. The van der Waals surface area contributed by atoms with E-state index < -0.39 is 0 Å². The van der Waals surface area contributed by atoms with E-state index in [4.69, 9.17) is 14.2 Å². The zero-order valence-corrected chi connectivity index (χ0v) is 14.8. The molecule has 0 fully saturated rings. The number of nitrogens with one attached hydrogen (secondary N) is 2. The van der Waals surface area contributed by atoms with E-state index in [0.29, 0.717) is 23.2 Å². The van der Waals surface area contributed by atoms with Gasteiger partial charge in [-0.2, -0.15) is 4.98 Å². The summed E-state index contributed by atoms with van der Waals surface area (Å²) < 4.78 is 16.0. The lowest BCUT2D eigenvalue weighted by Crippen LogP contribution is -2.07. The number of hydrogen-bond donors (Lipinski definition) is 2. The molecule has 0 spiro atoms. The molecule has 1 aromatic carbocycles. The normalized spacial score (nSPS) is 10.2. The van der Waals surface area contributed by atoms with Gasteiger partial charge in [0, 0.05) is 36.1 Å². The molecule has 2 N–H and O–H groups in total. The van der Waals surface area contributed by atoms with Gasteiger partial charge >= 0.3 is 0 Å². The number of rotatable bonds is 8. The first kappa shape index (κ1) is 17.7. The molecule has 1 heterocycles. The maximum absolute atomic E-state index is 5.35. The Hall–Kier alpha value is -2.70. The van der Waals surface area contributed by atoms with Crippen molar-refractivity contribution in [1.29, 1.82) is 0 Å².